The fourth-order valence-corrected chi connectivity index (χ4v) is 2.17. The van der Waals surface area contributed by atoms with Gasteiger partial charge in [-0.25, -0.2) is 0 Å². The Kier molecular flexibility index (Phi) is 5.59. The molecular weight excluding hydrogens is 264 g/mol. The van der Waals surface area contributed by atoms with Gasteiger partial charge < -0.3 is 14.8 Å². The Bertz CT molecular complexity index is 422. The van der Waals surface area contributed by atoms with Crippen molar-refractivity contribution >= 4 is 0 Å². The van der Waals surface area contributed by atoms with Gasteiger partial charge in [0.25, 0.3) is 0 Å². The summed E-state index contributed by atoms with van der Waals surface area (Å²) in [4.78, 5) is 0. The van der Waals surface area contributed by atoms with Gasteiger partial charge >= 0.3 is 6.61 Å². The van der Waals surface area contributed by atoms with Crippen LogP contribution in [0, 0.1) is 5.92 Å². The van der Waals surface area contributed by atoms with Gasteiger partial charge in [-0.2, -0.15) is 8.78 Å². The van der Waals surface area contributed by atoms with E-state index in [0.717, 1.165) is 18.0 Å². The molecule has 1 aromatic carbocycles. The number of rotatable bonds is 9. The monoisotopic (exact) mass is 285 g/mol. The summed E-state index contributed by atoms with van der Waals surface area (Å²) in [5, 5.41) is 3.32. The van der Waals surface area contributed by atoms with E-state index in [1.807, 2.05) is 6.07 Å². The summed E-state index contributed by atoms with van der Waals surface area (Å²) < 4.78 is 34.1. The zero-order valence-electron chi connectivity index (χ0n) is 11.7. The molecule has 5 heteroatoms. The molecule has 0 aliphatic heterocycles. The molecule has 20 heavy (non-hydrogen) atoms. The van der Waals surface area contributed by atoms with Crippen LogP contribution in [-0.4, -0.2) is 20.3 Å². The van der Waals surface area contributed by atoms with Gasteiger partial charge in [0.2, 0.25) is 0 Å². The summed E-state index contributed by atoms with van der Waals surface area (Å²) in [5.41, 5.74) is 0.910. The highest BCUT2D eigenvalue weighted by molar-refractivity contribution is 5.42. The van der Waals surface area contributed by atoms with Gasteiger partial charge in [-0.3, -0.25) is 0 Å². The fourth-order valence-electron chi connectivity index (χ4n) is 2.17. The lowest BCUT2D eigenvalue weighted by Gasteiger charge is -2.12. The normalized spacial score (nSPS) is 14.6. The van der Waals surface area contributed by atoms with Crippen molar-refractivity contribution in [3.63, 3.8) is 0 Å². The third kappa shape index (κ3) is 4.96. The van der Waals surface area contributed by atoms with Crippen LogP contribution in [0.4, 0.5) is 8.78 Å². The van der Waals surface area contributed by atoms with E-state index in [1.165, 1.54) is 32.8 Å². The van der Waals surface area contributed by atoms with Crippen molar-refractivity contribution < 1.29 is 18.3 Å². The van der Waals surface area contributed by atoms with Crippen LogP contribution in [0.15, 0.2) is 18.2 Å². The molecule has 2 rings (SSSR count). The number of halogens is 2. The highest BCUT2D eigenvalue weighted by Crippen LogP contribution is 2.33. The molecule has 1 aliphatic rings. The SMILES string of the molecule is COc1ccc(CNCCCC2CC2)cc1OC(F)F. The molecule has 1 N–H and O–H groups in total. The van der Waals surface area contributed by atoms with Crippen LogP contribution in [0.2, 0.25) is 0 Å². The number of ether oxygens (including phenoxy) is 2. The predicted molar refractivity (Wildman–Crippen MR) is 73.3 cm³/mol. The smallest absolute Gasteiger partial charge is 0.387 e. The van der Waals surface area contributed by atoms with Crippen LogP contribution in [-0.2, 0) is 6.54 Å². The second-order valence-electron chi connectivity index (χ2n) is 5.13. The Morgan fingerprint density at radius 3 is 2.75 bits per heavy atom. The summed E-state index contributed by atoms with van der Waals surface area (Å²) >= 11 is 0. The van der Waals surface area contributed by atoms with Crippen molar-refractivity contribution in [2.75, 3.05) is 13.7 Å². The molecule has 0 saturated heterocycles. The standard InChI is InChI=1S/C15H21F2NO2/c1-19-13-7-6-12(9-14(13)20-15(16)17)10-18-8-2-3-11-4-5-11/h6-7,9,11,15,18H,2-5,8,10H2,1H3. The van der Waals surface area contributed by atoms with Gasteiger partial charge in [-0.15, -0.1) is 0 Å². The van der Waals surface area contributed by atoms with Crippen LogP contribution in [0.1, 0.15) is 31.2 Å². The molecule has 1 saturated carbocycles. The topological polar surface area (TPSA) is 30.5 Å². The minimum absolute atomic E-state index is 0.0831. The maximum atomic E-state index is 12.3. The molecule has 112 valence electrons. The summed E-state index contributed by atoms with van der Waals surface area (Å²) in [6.07, 6.45) is 5.22. The molecule has 1 aliphatic carbocycles. The zero-order valence-corrected chi connectivity index (χ0v) is 11.7. The van der Waals surface area contributed by atoms with Gasteiger partial charge in [-0.05, 0) is 43.0 Å². The summed E-state index contributed by atoms with van der Waals surface area (Å²) in [7, 11) is 1.43. The maximum absolute atomic E-state index is 12.3. The Morgan fingerprint density at radius 2 is 2.10 bits per heavy atom. The molecule has 0 heterocycles. The van der Waals surface area contributed by atoms with Gasteiger partial charge in [0.05, 0.1) is 7.11 Å². The third-order valence-corrected chi connectivity index (χ3v) is 3.44. The first-order chi connectivity index (χ1) is 9.69. The average molecular weight is 285 g/mol. The second kappa shape index (κ2) is 7.43. The fraction of sp³-hybridized carbons (Fsp3) is 0.600. The molecular formula is C15H21F2NO2. The minimum atomic E-state index is -2.84. The largest absolute Gasteiger partial charge is 0.493 e. The maximum Gasteiger partial charge on any atom is 0.387 e. The lowest BCUT2D eigenvalue weighted by Crippen LogP contribution is -2.15. The predicted octanol–water partition coefficient (Wildman–Crippen LogP) is 3.58. The van der Waals surface area contributed by atoms with Gasteiger partial charge in [-0.1, -0.05) is 18.9 Å². The second-order valence-corrected chi connectivity index (χ2v) is 5.13. The van der Waals surface area contributed by atoms with Crippen molar-refractivity contribution in [1.82, 2.24) is 5.32 Å². The average Bonchev–Trinajstić information content (AvgIpc) is 3.22. The van der Waals surface area contributed by atoms with Crippen molar-refractivity contribution in [2.24, 2.45) is 5.92 Å². The van der Waals surface area contributed by atoms with Crippen molar-refractivity contribution in [3.8, 4) is 11.5 Å². The first kappa shape index (κ1) is 15.0. The van der Waals surface area contributed by atoms with E-state index in [9.17, 15) is 8.78 Å². The van der Waals surface area contributed by atoms with Crippen molar-refractivity contribution in [2.45, 2.75) is 38.8 Å². The van der Waals surface area contributed by atoms with E-state index in [4.69, 9.17) is 4.74 Å². The number of hydrogen-bond donors (Lipinski definition) is 1. The quantitative estimate of drug-likeness (QED) is 0.703. The van der Waals surface area contributed by atoms with Gasteiger partial charge in [0.1, 0.15) is 0 Å². The molecule has 0 bridgehead atoms. The van der Waals surface area contributed by atoms with E-state index < -0.39 is 6.61 Å². The lowest BCUT2D eigenvalue weighted by molar-refractivity contribution is -0.0512. The van der Waals surface area contributed by atoms with E-state index in [1.54, 1.807) is 12.1 Å². The Labute approximate surface area is 118 Å². The third-order valence-electron chi connectivity index (χ3n) is 3.44. The Hall–Kier alpha value is -1.36. The summed E-state index contributed by atoms with van der Waals surface area (Å²) in [5.74, 6) is 1.35. The Morgan fingerprint density at radius 1 is 1.30 bits per heavy atom. The summed E-state index contributed by atoms with van der Waals surface area (Å²) in [6, 6.07) is 5.10. The van der Waals surface area contributed by atoms with Crippen molar-refractivity contribution in [1.29, 1.82) is 0 Å². The van der Waals surface area contributed by atoms with Gasteiger partial charge in [0.15, 0.2) is 11.5 Å². The number of benzene rings is 1. The molecule has 3 nitrogen and oxygen atoms in total. The first-order valence-electron chi connectivity index (χ1n) is 7.01. The highest BCUT2D eigenvalue weighted by Gasteiger charge is 2.19. The number of nitrogens with one attached hydrogen (secondary N) is 1. The van der Waals surface area contributed by atoms with Crippen LogP contribution in [0.3, 0.4) is 0 Å². The van der Waals surface area contributed by atoms with Gasteiger partial charge in [0, 0.05) is 6.54 Å². The lowest BCUT2D eigenvalue weighted by atomic mass is 10.2. The van der Waals surface area contributed by atoms with Crippen LogP contribution < -0.4 is 14.8 Å². The molecule has 0 spiro atoms. The molecule has 0 unspecified atom stereocenters. The molecule has 0 radical (unpaired) electrons. The van der Waals surface area contributed by atoms with E-state index in [-0.39, 0.29) is 5.75 Å². The first-order valence-corrected chi connectivity index (χ1v) is 7.01. The Balaban J connectivity index is 1.80. The molecule has 0 atom stereocenters. The highest BCUT2D eigenvalue weighted by atomic mass is 19.3. The molecule has 1 aromatic rings. The van der Waals surface area contributed by atoms with Crippen LogP contribution >= 0.6 is 0 Å². The van der Waals surface area contributed by atoms with E-state index >= 15 is 0 Å². The van der Waals surface area contributed by atoms with Crippen LogP contribution in [0.25, 0.3) is 0 Å². The molecule has 0 amide bonds. The summed E-state index contributed by atoms with van der Waals surface area (Å²) in [6.45, 7) is -1.24. The molecule has 0 aromatic heterocycles. The number of methoxy groups -OCH3 is 1. The van der Waals surface area contributed by atoms with E-state index in [2.05, 4.69) is 10.1 Å². The zero-order chi connectivity index (χ0) is 14.4. The van der Waals surface area contributed by atoms with Crippen molar-refractivity contribution in [3.05, 3.63) is 23.8 Å². The van der Waals surface area contributed by atoms with Crippen LogP contribution in [0.5, 0.6) is 11.5 Å². The minimum Gasteiger partial charge on any atom is -0.493 e. The number of hydrogen-bond acceptors (Lipinski definition) is 3. The molecule has 1 fully saturated rings. The number of alkyl halides is 2. The van der Waals surface area contributed by atoms with E-state index in [0.29, 0.717) is 12.3 Å².